The predicted molar refractivity (Wildman–Crippen MR) is 105 cm³/mol. The average molecular weight is 392 g/mol. The summed E-state index contributed by atoms with van der Waals surface area (Å²) >= 11 is 0. The number of amides is 2. The molecule has 0 spiro atoms. The lowest BCUT2D eigenvalue weighted by atomic mass is 10.1. The van der Waals surface area contributed by atoms with Crippen molar-refractivity contribution in [2.45, 2.75) is 19.3 Å². The van der Waals surface area contributed by atoms with E-state index in [1.165, 1.54) is 0 Å². The zero-order valence-electron chi connectivity index (χ0n) is 15.8. The Kier molecular flexibility index (Phi) is 4.31. The van der Waals surface area contributed by atoms with Crippen LogP contribution in [0.15, 0.2) is 42.6 Å². The molecule has 2 aliphatic heterocycles. The molecule has 2 amide bonds. The molecule has 5 rings (SSSR count). The van der Waals surface area contributed by atoms with E-state index in [1.54, 1.807) is 34.9 Å². The highest BCUT2D eigenvalue weighted by Crippen LogP contribution is 2.34. The number of benzene rings is 1. The van der Waals surface area contributed by atoms with Crippen molar-refractivity contribution < 1.29 is 19.1 Å². The van der Waals surface area contributed by atoms with Gasteiger partial charge in [-0.2, -0.15) is 0 Å². The van der Waals surface area contributed by atoms with E-state index in [0.29, 0.717) is 28.4 Å². The molecular formula is C21H20N4O4. The van der Waals surface area contributed by atoms with Gasteiger partial charge in [0.25, 0.3) is 11.8 Å². The van der Waals surface area contributed by atoms with Crippen LogP contribution < -0.4 is 14.8 Å². The van der Waals surface area contributed by atoms with Gasteiger partial charge in [0, 0.05) is 31.0 Å². The topological polar surface area (TPSA) is 85.2 Å². The van der Waals surface area contributed by atoms with Gasteiger partial charge < -0.3 is 19.7 Å². The molecule has 3 aromatic rings. The van der Waals surface area contributed by atoms with E-state index < -0.39 is 5.91 Å². The van der Waals surface area contributed by atoms with E-state index in [-0.39, 0.29) is 18.5 Å². The van der Waals surface area contributed by atoms with E-state index in [4.69, 9.17) is 9.47 Å². The summed E-state index contributed by atoms with van der Waals surface area (Å²) in [5.74, 6) is 0.859. The Morgan fingerprint density at radius 2 is 1.83 bits per heavy atom. The van der Waals surface area contributed by atoms with Gasteiger partial charge in [-0.15, -0.1) is 0 Å². The van der Waals surface area contributed by atoms with Crippen molar-refractivity contribution in [2.75, 3.05) is 25.2 Å². The molecule has 0 radical (unpaired) electrons. The lowest BCUT2D eigenvalue weighted by Crippen LogP contribution is -2.36. The van der Waals surface area contributed by atoms with Gasteiger partial charge in [-0.05, 0) is 43.5 Å². The summed E-state index contributed by atoms with van der Waals surface area (Å²) in [6, 6.07) is 10.6. The van der Waals surface area contributed by atoms with Crippen LogP contribution in [-0.4, -0.2) is 46.0 Å². The zero-order chi connectivity index (χ0) is 19.8. The largest absolute Gasteiger partial charge is 0.454 e. The maximum absolute atomic E-state index is 13.0. The summed E-state index contributed by atoms with van der Waals surface area (Å²) in [7, 11) is 0. The number of hydrogen-bond donors (Lipinski definition) is 1. The van der Waals surface area contributed by atoms with E-state index in [0.717, 1.165) is 32.4 Å². The second kappa shape index (κ2) is 7.12. The Bertz CT molecular complexity index is 1100. The lowest BCUT2D eigenvalue weighted by Gasteiger charge is -2.25. The van der Waals surface area contributed by atoms with Crippen molar-refractivity contribution in [1.29, 1.82) is 0 Å². The third-order valence-electron chi connectivity index (χ3n) is 5.23. The Labute approximate surface area is 167 Å². The second-order valence-electron chi connectivity index (χ2n) is 7.11. The van der Waals surface area contributed by atoms with Crippen LogP contribution in [0.3, 0.4) is 0 Å². The Morgan fingerprint density at radius 3 is 2.69 bits per heavy atom. The molecular weight excluding hydrogens is 372 g/mol. The summed E-state index contributed by atoms with van der Waals surface area (Å²) in [6.07, 6.45) is 4.87. The number of carbonyl (C=O) groups excluding carboxylic acids is 2. The lowest BCUT2D eigenvalue weighted by molar-refractivity contribution is 0.0721. The van der Waals surface area contributed by atoms with Crippen molar-refractivity contribution in [3.63, 3.8) is 0 Å². The van der Waals surface area contributed by atoms with Crippen LogP contribution in [0.25, 0.3) is 5.52 Å². The number of ether oxygens (including phenoxy) is 2. The van der Waals surface area contributed by atoms with Crippen molar-refractivity contribution in [1.82, 2.24) is 14.3 Å². The number of anilines is 1. The third kappa shape index (κ3) is 3.16. The molecule has 0 bridgehead atoms. The highest BCUT2D eigenvalue weighted by atomic mass is 16.7. The molecule has 8 heteroatoms. The number of pyridine rings is 1. The van der Waals surface area contributed by atoms with Crippen molar-refractivity contribution in [3.8, 4) is 11.5 Å². The molecule has 0 unspecified atom stereocenters. The zero-order valence-corrected chi connectivity index (χ0v) is 15.8. The maximum atomic E-state index is 13.0. The van der Waals surface area contributed by atoms with Gasteiger partial charge in [-0.3, -0.25) is 14.0 Å². The number of fused-ring (bicyclic) bond motifs is 2. The Balaban J connectivity index is 1.46. The standard InChI is InChI=1S/C21H20N4O4/c26-20(22-14-7-8-16-17(12-14)29-13-28-16)19-23-18(15-6-2-5-11-25(15)19)21(27)24-9-3-1-4-10-24/h2,5-8,11-12H,1,3-4,9-10,13H2,(H,22,26). The van der Waals surface area contributed by atoms with Crippen molar-refractivity contribution in [2.24, 2.45) is 0 Å². The first-order valence-corrected chi connectivity index (χ1v) is 9.68. The van der Waals surface area contributed by atoms with Crippen LogP contribution in [0.2, 0.25) is 0 Å². The number of nitrogens with one attached hydrogen (secondary N) is 1. The van der Waals surface area contributed by atoms with Crippen LogP contribution in [0.4, 0.5) is 5.69 Å². The van der Waals surface area contributed by atoms with E-state index in [9.17, 15) is 9.59 Å². The highest BCUT2D eigenvalue weighted by molar-refractivity contribution is 6.06. The van der Waals surface area contributed by atoms with E-state index in [2.05, 4.69) is 10.3 Å². The molecule has 0 aliphatic carbocycles. The number of carbonyl (C=O) groups is 2. The SMILES string of the molecule is O=C(Nc1ccc2c(c1)OCO2)c1nc(C(=O)N2CCCCC2)c2ccccn12. The van der Waals surface area contributed by atoms with Crippen LogP contribution in [0.5, 0.6) is 11.5 Å². The molecule has 1 fully saturated rings. The van der Waals surface area contributed by atoms with E-state index in [1.807, 2.05) is 17.0 Å². The highest BCUT2D eigenvalue weighted by Gasteiger charge is 2.26. The smallest absolute Gasteiger partial charge is 0.292 e. The summed E-state index contributed by atoms with van der Waals surface area (Å²) in [5, 5.41) is 2.83. The molecule has 1 saturated heterocycles. The van der Waals surface area contributed by atoms with Gasteiger partial charge in [0.2, 0.25) is 12.6 Å². The summed E-state index contributed by atoms with van der Waals surface area (Å²) < 4.78 is 12.3. The van der Waals surface area contributed by atoms with Crippen molar-refractivity contribution >= 4 is 23.0 Å². The minimum atomic E-state index is -0.400. The van der Waals surface area contributed by atoms with Crippen LogP contribution in [-0.2, 0) is 0 Å². The maximum Gasteiger partial charge on any atom is 0.292 e. The number of aromatic nitrogens is 2. The van der Waals surface area contributed by atoms with Gasteiger partial charge >= 0.3 is 0 Å². The first-order valence-electron chi connectivity index (χ1n) is 9.68. The average Bonchev–Trinajstić information content (AvgIpc) is 3.38. The molecule has 1 aromatic carbocycles. The van der Waals surface area contributed by atoms with Crippen LogP contribution in [0.1, 0.15) is 40.4 Å². The monoisotopic (exact) mass is 392 g/mol. The van der Waals surface area contributed by atoms with Crippen LogP contribution in [0, 0.1) is 0 Å². The summed E-state index contributed by atoms with van der Waals surface area (Å²) in [4.78, 5) is 32.2. The molecule has 2 aliphatic rings. The molecule has 4 heterocycles. The molecule has 148 valence electrons. The molecule has 29 heavy (non-hydrogen) atoms. The molecule has 0 saturated carbocycles. The number of hydrogen-bond acceptors (Lipinski definition) is 5. The summed E-state index contributed by atoms with van der Waals surface area (Å²) in [5.41, 5.74) is 1.50. The number of likely N-dealkylation sites (tertiary alicyclic amines) is 1. The molecule has 8 nitrogen and oxygen atoms in total. The fraction of sp³-hybridized carbons (Fsp3) is 0.286. The molecule has 1 N–H and O–H groups in total. The number of rotatable bonds is 3. The quantitative estimate of drug-likeness (QED) is 0.741. The number of piperidine rings is 1. The first kappa shape index (κ1) is 17.5. The minimum absolute atomic E-state index is 0.129. The molecule has 0 atom stereocenters. The first-order chi connectivity index (χ1) is 14.2. The summed E-state index contributed by atoms with van der Waals surface area (Å²) in [6.45, 7) is 1.62. The van der Waals surface area contributed by atoms with E-state index >= 15 is 0 Å². The fourth-order valence-corrected chi connectivity index (χ4v) is 3.76. The Morgan fingerprint density at radius 1 is 1.00 bits per heavy atom. The normalized spacial score (nSPS) is 15.5. The van der Waals surface area contributed by atoms with Gasteiger partial charge in [-0.1, -0.05) is 6.07 Å². The second-order valence-corrected chi connectivity index (χ2v) is 7.11. The Hall–Kier alpha value is -3.55. The van der Waals surface area contributed by atoms with Gasteiger partial charge in [0.05, 0.1) is 5.52 Å². The van der Waals surface area contributed by atoms with Crippen molar-refractivity contribution in [3.05, 3.63) is 54.1 Å². The minimum Gasteiger partial charge on any atom is -0.454 e. The van der Waals surface area contributed by atoms with Crippen LogP contribution >= 0.6 is 0 Å². The van der Waals surface area contributed by atoms with Gasteiger partial charge in [0.15, 0.2) is 17.2 Å². The predicted octanol–water partition coefficient (Wildman–Crippen LogP) is 2.94. The third-order valence-corrected chi connectivity index (χ3v) is 5.23. The molecule has 2 aromatic heterocycles. The number of nitrogens with zero attached hydrogens (tertiary/aromatic N) is 3. The van der Waals surface area contributed by atoms with Gasteiger partial charge in [0.1, 0.15) is 0 Å². The number of imidazole rings is 1. The van der Waals surface area contributed by atoms with Gasteiger partial charge in [-0.25, -0.2) is 4.98 Å². The fourth-order valence-electron chi connectivity index (χ4n) is 3.76.